The maximum absolute atomic E-state index is 11.4. The van der Waals surface area contributed by atoms with Crippen LogP contribution in [0.15, 0.2) is 0 Å². The lowest BCUT2D eigenvalue weighted by Crippen LogP contribution is -2.60. The van der Waals surface area contributed by atoms with Crippen LogP contribution >= 0.6 is 15.9 Å². The fourth-order valence-electron chi connectivity index (χ4n) is 2.12. The van der Waals surface area contributed by atoms with Crippen LogP contribution in [-0.4, -0.2) is 59.9 Å². The summed E-state index contributed by atoms with van der Waals surface area (Å²) in [5, 5.41) is 0. The van der Waals surface area contributed by atoms with Crippen LogP contribution in [0.4, 0.5) is 0 Å². The summed E-state index contributed by atoms with van der Waals surface area (Å²) < 4.78 is 25.8. The van der Waals surface area contributed by atoms with Crippen molar-refractivity contribution in [3.63, 3.8) is 0 Å². The molecule has 1 fully saturated rings. The highest BCUT2D eigenvalue weighted by molar-refractivity contribution is 9.09. The second-order valence-electron chi connectivity index (χ2n) is 5.05. The van der Waals surface area contributed by atoms with E-state index in [1.54, 1.807) is 0 Å². The third-order valence-electron chi connectivity index (χ3n) is 2.91. The molecule has 1 rings (SSSR count). The van der Waals surface area contributed by atoms with E-state index >= 15 is 0 Å². The Labute approximate surface area is 147 Å². The molecule has 1 saturated heterocycles. The van der Waals surface area contributed by atoms with E-state index in [0.29, 0.717) is 0 Å². The van der Waals surface area contributed by atoms with Gasteiger partial charge < -0.3 is 23.7 Å². The minimum atomic E-state index is -1.13. The van der Waals surface area contributed by atoms with E-state index in [-0.39, 0.29) is 6.61 Å². The van der Waals surface area contributed by atoms with Crippen molar-refractivity contribution in [3.05, 3.63) is 0 Å². The Bertz CT molecular complexity index is 490. The molecule has 1 aliphatic heterocycles. The average Bonchev–Trinajstić information content (AvgIpc) is 2.42. The van der Waals surface area contributed by atoms with Crippen LogP contribution in [0.2, 0.25) is 0 Å². The minimum absolute atomic E-state index is 0.275. The zero-order chi connectivity index (χ0) is 18.4. The van der Waals surface area contributed by atoms with Crippen LogP contribution in [0, 0.1) is 0 Å². The molecule has 0 spiro atoms. The first-order valence-corrected chi connectivity index (χ1v) is 7.98. The van der Waals surface area contributed by atoms with E-state index in [9.17, 15) is 19.2 Å². The number of alkyl halides is 1. The zero-order valence-corrected chi connectivity index (χ0v) is 15.2. The van der Waals surface area contributed by atoms with Crippen molar-refractivity contribution in [2.45, 2.75) is 57.1 Å². The van der Waals surface area contributed by atoms with Gasteiger partial charge in [-0.2, -0.15) is 0 Å². The largest absolute Gasteiger partial charge is 0.463 e. The van der Waals surface area contributed by atoms with Crippen LogP contribution in [-0.2, 0) is 42.9 Å². The molecule has 0 amide bonds. The lowest BCUT2D eigenvalue weighted by atomic mass is 10.0. The molecule has 0 unspecified atom stereocenters. The molecule has 1 heterocycles. The monoisotopic (exact) mass is 410 g/mol. The predicted molar refractivity (Wildman–Crippen MR) is 80.9 cm³/mol. The Kier molecular flexibility index (Phi) is 7.61. The van der Waals surface area contributed by atoms with Crippen LogP contribution in [0.25, 0.3) is 0 Å². The average molecular weight is 411 g/mol. The van der Waals surface area contributed by atoms with Crippen LogP contribution in [0.1, 0.15) is 27.7 Å². The van der Waals surface area contributed by atoms with E-state index in [1.807, 2.05) is 0 Å². The van der Waals surface area contributed by atoms with Gasteiger partial charge in [-0.1, -0.05) is 15.9 Å². The number of ether oxygens (including phenoxy) is 5. The minimum Gasteiger partial charge on any atom is -0.463 e. The fourth-order valence-corrected chi connectivity index (χ4v) is 2.76. The Morgan fingerprint density at radius 2 is 1.33 bits per heavy atom. The predicted octanol–water partition coefficient (Wildman–Crippen LogP) is 0.464. The molecule has 0 aromatic rings. The van der Waals surface area contributed by atoms with E-state index in [4.69, 9.17) is 23.7 Å². The summed E-state index contributed by atoms with van der Waals surface area (Å²) in [6, 6.07) is 0. The molecule has 5 atom stereocenters. The SMILES string of the molecule is CC(=O)OC[C@H]1O[C@@H](OC(C)=O)[C@H](Br)[C@@H](OC(C)=O)[C@@H]1OC(C)=O. The van der Waals surface area contributed by atoms with E-state index in [1.165, 1.54) is 27.7 Å². The third kappa shape index (κ3) is 6.08. The second-order valence-corrected chi connectivity index (χ2v) is 6.10. The van der Waals surface area contributed by atoms with Gasteiger partial charge in [0, 0.05) is 27.7 Å². The normalized spacial score (nSPS) is 29.3. The summed E-state index contributed by atoms with van der Waals surface area (Å²) in [5.74, 6) is -2.46. The molecule has 0 bridgehead atoms. The molecule has 24 heavy (non-hydrogen) atoms. The van der Waals surface area contributed by atoms with Crippen LogP contribution < -0.4 is 0 Å². The molecular weight excluding hydrogens is 392 g/mol. The number of hydrogen-bond acceptors (Lipinski definition) is 9. The van der Waals surface area contributed by atoms with Gasteiger partial charge in [0.25, 0.3) is 0 Å². The van der Waals surface area contributed by atoms with Gasteiger partial charge in [0.2, 0.25) is 6.29 Å². The zero-order valence-electron chi connectivity index (χ0n) is 13.6. The maximum Gasteiger partial charge on any atom is 0.304 e. The first kappa shape index (κ1) is 20.4. The fraction of sp³-hybridized carbons (Fsp3) is 0.714. The number of rotatable bonds is 5. The van der Waals surface area contributed by atoms with E-state index in [0.717, 1.165) is 0 Å². The van der Waals surface area contributed by atoms with Gasteiger partial charge in [0.15, 0.2) is 12.2 Å². The molecule has 0 aliphatic carbocycles. The van der Waals surface area contributed by atoms with E-state index < -0.39 is 53.3 Å². The first-order valence-electron chi connectivity index (χ1n) is 7.06. The molecule has 9 nitrogen and oxygen atoms in total. The number of carbonyl (C=O) groups is 4. The summed E-state index contributed by atoms with van der Waals surface area (Å²) in [6.07, 6.45) is -4.17. The molecule has 10 heteroatoms. The van der Waals surface area contributed by atoms with Gasteiger partial charge >= 0.3 is 23.9 Å². The summed E-state index contributed by atoms with van der Waals surface area (Å²) >= 11 is 3.24. The molecule has 136 valence electrons. The number of hydrogen-bond donors (Lipinski definition) is 0. The standard InChI is InChI=1S/C14H19BrO9/c1-6(16)20-5-10-12(21-7(2)17)13(22-8(3)18)11(15)14(24-10)23-9(4)19/h10-14H,5H2,1-4H3/t10-,11-,12-,13-,14-/m1/s1. The van der Waals surface area contributed by atoms with Gasteiger partial charge in [0.1, 0.15) is 17.5 Å². The Morgan fingerprint density at radius 1 is 0.833 bits per heavy atom. The van der Waals surface area contributed by atoms with Gasteiger partial charge in [0.05, 0.1) is 0 Å². The van der Waals surface area contributed by atoms with Crippen molar-refractivity contribution >= 4 is 39.8 Å². The van der Waals surface area contributed by atoms with Crippen molar-refractivity contribution in [2.75, 3.05) is 6.61 Å². The van der Waals surface area contributed by atoms with Gasteiger partial charge in [-0.15, -0.1) is 0 Å². The van der Waals surface area contributed by atoms with Gasteiger partial charge in [-0.05, 0) is 0 Å². The smallest absolute Gasteiger partial charge is 0.304 e. The molecule has 0 saturated carbocycles. The third-order valence-corrected chi connectivity index (χ3v) is 3.86. The van der Waals surface area contributed by atoms with Crippen molar-refractivity contribution < 1.29 is 42.9 Å². The molecule has 0 aromatic heterocycles. The van der Waals surface area contributed by atoms with Crippen molar-refractivity contribution in [2.24, 2.45) is 0 Å². The summed E-state index contributed by atoms with van der Waals surface area (Å²) in [4.78, 5) is 44.2. The van der Waals surface area contributed by atoms with Crippen molar-refractivity contribution in [3.8, 4) is 0 Å². The molecule has 0 N–H and O–H groups in total. The summed E-state index contributed by atoms with van der Waals surface area (Å²) in [7, 11) is 0. The molecule has 0 aromatic carbocycles. The quantitative estimate of drug-likeness (QED) is 0.362. The van der Waals surface area contributed by atoms with Crippen LogP contribution in [0.5, 0.6) is 0 Å². The highest BCUT2D eigenvalue weighted by Gasteiger charge is 2.50. The van der Waals surface area contributed by atoms with E-state index in [2.05, 4.69) is 15.9 Å². The Morgan fingerprint density at radius 3 is 1.79 bits per heavy atom. The Hall–Kier alpha value is -1.68. The van der Waals surface area contributed by atoms with Gasteiger partial charge in [-0.3, -0.25) is 19.2 Å². The number of halogens is 1. The lowest BCUT2D eigenvalue weighted by Gasteiger charge is -2.42. The van der Waals surface area contributed by atoms with Gasteiger partial charge in [-0.25, -0.2) is 0 Å². The highest BCUT2D eigenvalue weighted by Crippen LogP contribution is 2.32. The first-order chi connectivity index (χ1) is 11.1. The number of esters is 4. The Balaban J connectivity index is 3.08. The summed E-state index contributed by atoms with van der Waals surface area (Å²) in [6.45, 7) is 4.47. The lowest BCUT2D eigenvalue weighted by molar-refractivity contribution is -0.255. The molecule has 0 radical (unpaired) electrons. The number of carbonyl (C=O) groups excluding carboxylic acids is 4. The second kappa shape index (κ2) is 8.97. The molecule has 1 aliphatic rings. The highest BCUT2D eigenvalue weighted by atomic mass is 79.9. The van der Waals surface area contributed by atoms with Crippen LogP contribution in [0.3, 0.4) is 0 Å². The van der Waals surface area contributed by atoms with Crippen molar-refractivity contribution in [1.29, 1.82) is 0 Å². The maximum atomic E-state index is 11.4. The van der Waals surface area contributed by atoms with Crippen molar-refractivity contribution in [1.82, 2.24) is 0 Å². The summed E-state index contributed by atoms with van der Waals surface area (Å²) in [5.41, 5.74) is 0. The topological polar surface area (TPSA) is 114 Å². The molecular formula is C14H19BrO9.